The summed E-state index contributed by atoms with van der Waals surface area (Å²) in [5, 5.41) is 6.80. The summed E-state index contributed by atoms with van der Waals surface area (Å²) >= 11 is 0. The third kappa shape index (κ3) is 4.72. The molecule has 0 saturated heterocycles. The summed E-state index contributed by atoms with van der Waals surface area (Å²) in [6.45, 7) is 5.93. The summed E-state index contributed by atoms with van der Waals surface area (Å²) in [5.74, 6) is 0.938. The van der Waals surface area contributed by atoms with Crippen LogP contribution in [0.3, 0.4) is 0 Å². The maximum atomic E-state index is 4.66. The van der Waals surface area contributed by atoms with Crippen LogP contribution >= 0.6 is 0 Å². The van der Waals surface area contributed by atoms with Crippen molar-refractivity contribution in [2.45, 2.75) is 39.2 Å². The van der Waals surface area contributed by atoms with Gasteiger partial charge in [-0.15, -0.1) is 0 Å². The van der Waals surface area contributed by atoms with E-state index in [4.69, 9.17) is 0 Å². The van der Waals surface area contributed by atoms with Gasteiger partial charge in [0.1, 0.15) is 0 Å². The Bertz CT molecular complexity index is 452. The van der Waals surface area contributed by atoms with Gasteiger partial charge in [-0.3, -0.25) is 4.99 Å². The van der Waals surface area contributed by atoms with Crippen LogP contribution in [0, 0.1) is 6.92 Å². The van der Waals surface area contributed by atoms with Gasteiger partial charge in [-0.1, -0.05) is 42.0 Å². The molecule has 108 valence electrons. The summed E-state index contributed by atoms with van der Waals surface area (Å²) in [6.07, 6.45) is 7.64. The molecule has 0 fully saturated rings. The summed E-state index contributed by atoms with van der Waals surface area (Å²) in [4.78, 5) is 4.66. The van der Waals surface area contributed by atoms with Crippen molar-refractivity contribution in [3.05, 3.63) is 47.5 Å². The number of guanidine groups is 1. The molecule has 3 heteroatoms. The summed E-state index contributed by atoms with van der Waals surface area (Å²) in [5.41, 5.74) is 2.65. The largest absolute Gasteiger partial charge is 0.357 e. The van der Waals surface area contributed by atoms with Crippen molar-refractivity contribution in [1.29, 1.82) is 0 Å². The highest BCUT2D eigenvalue weighted by molar-refractivity contribution is 5.80. The minimum absolute atomic E-state index is 0.507. The van der Waals surface area contributed by atoms with E-state index in [2.05, 4.69) is 65.9 Å². The zero-order valence-corrected chi connectivity index (χ0v) is 12.5. The SMILES string of the molecule is CCNC(=NCCc1ccc(C)cc1)NC1CC=CC1. The molecule has 1 aliphatic rings. The maximum Gasteiger partial charge on any atom is 0.191 e. The number of aliphatic imine (C=N–C) groups is 1. The number of aryl methyl sites for hydroxylation is 1. The van der Waals surface area contributed by atoms with Crippen molar-refractivity contribution in [1.82, 2.24) is 10.6 Å². The average Bonchev–Trinajstić information content (AvgIpc) is 2.94. The highest BCUT2D eigenvalue weighted by Crippen LogP contribution is 2.08. The quantitative estimate of drug-likeness (QED) is 0.491. The van der Waals surface area contributed by atoms with Crippen molar-refractivity contribution in [2.24, 2.45) is 4.99 Å². The number of rotatable bonds is 5. The Morgan fingerprint density at radius 2 is 1.90 bits per heavy atom. The Morgan fingerprint density at radius 1 is 1.20 bits per heavy atom. The molecule has 0 atom stereocenters. The fourth-order valence-corrected chi connectivity index (χ4v) is 2.30. The second-order valence-corrected chi connectivity index (χ2v) is 5.28. The van der Waals surface area contributed by atoms with Gasteiger partial charge in [-0.25, -0.2) is 0 Å². The predicted molar refractivity (Wildman–Crippen MR) is 86.2 cm³/mol. The first-order chi connectivity index (χ1) is 9.78. The van der Waals surface area contributed by atoms with E-state index in [0.29, 0.717) is 6.04 Å². The number of hydrogen-bond donors (Lipinski definition) is 2. The van der Waals surface area contributed by atoms with Crippen LogP contribution in [0.4, 0.5) is 0 Å². The molecule has 0 spiro atoms. The summed E-state index contributed by atoms with van der Waals surface area (Å²) in [7, 11) is 0. The van der Waals surface area contributed by atoms with E-state index in [1.54, 1.807) is 0 Å². The van der Waals surface area contributed by atoms with Gasteiger partial charge in [-0.05, 0) is 38.7 Å². The summed E-state index contributed by atoms with van der Waals surface area (Å²) in [6, 6.07) is 9.20. The zero-order valence-electron chi connectivity index (χ0n) is 12.5. The molecule has 2 N–H and O–H groups in total. The molecule has 20 heavy (non-hydrogen) atoms. The van der Waals surface area contributed by atoms with Gasteiger partial charge in [0.25, 0.3) is 0 Å². The lowest BCUT2D eigenvalue weighted by molar-refractivity contribution is 0.633. The third-order valence-electron chi connectivity index (χ3n) is 3.48. The van der Waals surface area contributed by atoms with Gasteiger partial charge in [0.05, 0.1) is 0 Å². The molecule has 3 nitrogen and oxygen atoms in total. The van der Waals surface area contributed by atoms with Crippen LogP contribution < -0.4 is 10.6 Å². The predicted octanol–water partition coefficient (Wildman–Crippen LogP) is 2.81. The van der Waals surface area contributed by atoms with Gasteiger partial charge in [0, 0.05) is 19.1 Å². The lowest BCUT2D eigenvalue weighted by Gasteiger charge is -2.16. The Kier molecular flexibility index (Phi) is 5.66. The Morgan fingerprint density at radius 3 is 2.55 bits per heavy atom. The molecule has 2 rings (SSSR count). The van der Waals surface area contributed by atoms with Crippen LogP contribution in [-0.2, 0) is 6.42 Å². The molecule has 1 aromatic rings. The topological polar surface area (TPSA) is 36.4 Å². The van der Waals surface area contributed by atoms with Crippen LogP contribution in [-0.4, -0.2) is 25.1 Å². The van der Waals surface area contributed by atoms with Crippen molar-refractivity contribution < 1.29 is 0 Å². The normalized spacial score (nSPS) is 15.6. The van der Waals surface area contributed by atoms with Crippen LogP contribution in [0.2, 0.25) is 0 Å². The monoisotopic (exact) mass is 271 g/mol. The third-order valence-corrected chi connectivity index (χ3v) is 3.48. The highest BCUT2D eigenvalue weighted by Gasteiger charge is 2.11. The van der Waals surface area contributed by atoms with Gasteiger partial charge in [-0.2, -0.15) is 0 Å². The van der Waals surface area contributed by atoms with Crippen LogP contribution in [0.25, 0.3) is 0 Å². The van der Waals surface area contributed by atoms with E-state index >= 15 is 0 Å². The van der Waals surface area contributed by atoms with E-state index < -0.39 is 0 Å². The van der Waals surface area contributed by atoms with Crippen molar-refractivity contribution in [3.8, 4) is 0 Å². The van der Waals surface area contributed by atoms with Crippen LogP contribution in [0.15, 0.2) is 41.4 Å². The van der Waals surface area contributed by atoms with E-state index in [1.807, 2.05) is 0 Å². The van der Waals surface area contributed by atoms with E-state index in [0.717, 1.165) is 38.3 Å². The molecule has 0 unspecified atom stereocenters. The van der Waals surface area contributed by atoms with Gasteiger partial charge < -0.3 is 10.6 Å². The average molecular weight is 271 g/mol. The first-order valence-corrected chi connectivity index (χ1v) is 7.53. The molecular weight excluding hydrogens is 246 g/mol. The molecule has 0 aromatic heterocycles. The van der Waals surface area contributed by atoms with E-state index in [9.17, 15) is 0 Å². The summed E-state index contributed by atoms with van der Waals surface area (Å²) < 4.78 is 0. The lowest BCUT2D eigenvalue weighted by atomic mass is 10.1. The first-order valence-electron chi connectivity index (χ1n) is 7.53. The van der Waals surface area contributed by atoms with Gasteiger partial charge >= 0.3 is 0 Å². The smallest absolute Gasteiger partial charge is 0.191 e. The van der Waals surface area contributed by atoms with Gasteiger partial charge in [0.15, 0.2) is 5.96 Å². The molecule has 1 aliphatic carbocycles. The lowest BCUT2D eigenvalue weighted by Crippen LogP contribution is -2.42. The Balaban J connectivity index is 1.83. The fraction of sp³-hybridized carbons (Fsp3) is 0.471. The molecule has 0 bridgehead atoms. The van der Waals surface area contributed by atoms with Crippen molar-refractivity contribution in [2.75, 3.05) is 13.1 Å². The maximum absolute atomic E-state index is 4.66. The second-order valence-electron chi connectivity index (χ2n) is 5.28. The van der Waals surface area contributed by atoms with Gasteiger partial charge in [0.2, 0.25) is 0 Å². The molecular formula is C17H25N3. The van der Waals surface area contributed by atoms with E-state index in [1.165, 1.54) is 11.1 Å². The Labute approximate surface area is 122 Å². The second kappa shape index (κ2) is 7.73. The molecule has 1 aromatic carbocycles. The minimum atomic E-state index is 0.507. The highest BCUT2D eigenvalue weighted by atomic mass is 15.2. The Hall–Kier alpha value is -1.77. The molecule has 0 radical (unpaired) electrons. The zero-order chi connectivity index (χ0) is 14.2. The van der Waals surface area contributed by atoms with Crippen molar-refractivity contribution in [3.63, 3.8) is 0 Å². The fourth-order valence-electron chi connectivity index (χ4n) is 2.30. The molecule has 0 aliphatic heterocycles. The van der Waals surface area contributed by atoms with Crippen LogP contribution in [0.5, 0.6) is 0 Å². The number of hydrogen-bond acceptors (Lipinski definition) is 1. The molecule has 0 saturated carbocycles. The number of nitrogens with zero attached hydrogens (tertiary/aromatic N) is 1. The minimum Gasteiger partial charge on any atom is -0.357 e. The standard InChI is InChI=1S/C17H25N3/c1-3-18-17(20-16-6-4-5-7-16)19-13-12-15-10-8-14(2)9-11-15/h4-5,8-11,16H,3,6-7,12-13H2,1-2H3,(H2,18,19,20). The molecule has 0 heterocycles. The van der Waals surface area contributed by atoms with Crippen LogP contribution in [0.1, 0.15) is 30.9 Å². The van der Waals surface area contributed by atoms with Crippen molar-refractivity contribution >= 4 is 5.96 Å². The molecule has 0 amide bonds. The first kappa shape index (κ1) is 14.6. The number of benzene rings is 1. The number of nitrogens with one attached hydrogen (secondary N) is 2. The van der Waals surface area contributed by atoms with E-state index in [-0.39, 0.29) is 0 Å².